The summed E-state index contributed by atoms with van der Waals surface area (Å²) in [7, 11) is 0. The molecule has 1 aromatic heterocycles. The van der Waals surface area contributed by atoms with Crippen LogP contribution in [0.5, 0.6) is 0 Å². The lowest BCUT2D eigenvalue weighted by Gasteiger charge is -2.20. The van der Waals surface area contributed by atoms with Crippen LogP contribution >= 0.6 is 0 Å². The number of nitrogens with zero attached hydrogens (tertiary/aromatic N) is 2. The molecular weight excluding hydrogens is 234 g/mol. The molecule has 0 bridgehead atoms. The normalized spacial score (nSPS) is 23.2. The van der Waals surface area contributed by atoms with Gasteiger partial charge in [0.05, 0.1) is 5.69 Å². The molecule has 1 fully saturated rings. The standard InChI is InChI=1S/C16H21N3/c1-11-9-19(10-12(11)2)16-15-6-4-3-5-13(15)7-14(8-17)18-16/h3-7,11-12H,8-10,17H2,1-2H3. The van der Waals surface area contributed by atoms with Gasteiger partial charge in [0, 0.05) is 25.0 Å². The van der Waals surface area contributed by atoms with E-state index in [1.807, 2.05) is 0 Å². The predicted octanol–water partition coefficient (Wildman–Crippen LogP) is 2.79. The van der Waals surface area contributed by atoms with Gasteiger partial charge >= 0.3 is 0 Å². The quantitative estimate of drug-likeness (QED) is 0.897. The van der Waals surface area contributed by atoms with E-state index in [1.165, 1.54) is 10.8 Å². The number of nitrogens with two attached hydrogens (primary N) is 1. The van der Waals surface area contributed by atoms with E-state index < -0.39 is 0 Å². The maximum atomic E-state index is 5.78. The minimum Gasteiger partial charge on any atom is -0.356 e. The van der Waals surface area contributed by atoms with Gasteiger partial charge in [0.15, 0.2) is 0 Å². The van der Waals surface area contributed by atoms with Gasteiger partial charge in [-0.25, -0.2) is 4.98 Å². The van der Waals surface area contributed by atoms with Gasteiger partial charge in [0.25, 0.3) is 0 Å². The maximum absolute atomic E-state index is 5.78. The van der Waals surface area contributed by atoms with Crippen molar-refractivity contribution in [3.63, 3.8) is 0 Å². The summed E-state index contributed by atoms with van der Waals surface area (Å²) in [6, 6.07) is 10.6. The van der Waals surface area contributed by atoms with Gasteiger partial charge in [-0.1, -0.05) is 38.1 Å². The molecule has 100 valence electrons. The molecule has 0 amide bonds. The molecule has 0 saturated carbocycles. The van der Waals surface area contributed by atoms with Gasteiger partial charge in [-0.15, -0.1) is 0 Å². The van der Waals surface area contributed by atoms with E-state index in [0.717, 1.165) is 36.4 Å². The van der Waals surface area contributed by atoms with Crippen LogP contribution in [0.15, 0.2) is 30.3 Å². The fourth-order valence-electron chi connectivity index (χ4n) is 2.88. The Balaban J connectivity index is 2.11. The van der Waals surface area contributed by atoms with Gasteiger partial charge in [0.1, 0.15) is 5.82 Å². The first kappa shape index (κ1) is 12.4. The van der Waals surface area contributed by atoms with E-state index in [-0.39, 0.29) is 0 Å². The Kier molecular flexibility index (Phi) is 3.15. The number of rotatable bonds is 2. The van der Waals surface area contributed by atoms with Crippen LogP contribution in [0.3, 0.4) is 0 Å². The monoisotopic (exact) mass is 255 g/mol. The first-order chi connectivity index (χ1) is 9.19. The highest BCUT2D eigenvalue weighted by Crippen LogP contribution is 2.31. The van der Waals surface area contributed by atoms with Crippen LogP contribution in [-0.2, 0) is 6.54 Å². The number of fused-ring (bicyclic) bond motifs is 1. The molecule has 0 aliphatic carbocycles. The summed E-state index contributed by atoms with van der Waals surface area (Å²) in [5, 5.41) is 2.47. The molecule has 2 N–H and O–H groups in total. The lowest BCUT2D eigenvalue weighted by Crippen LogP contribution is -2.22. The van der Waals surface area contributed by atoms with Crippen LogP contribution in [0.25, 0.3) is 10.8 Å². The zero-order valence-corrected chi connectivity index (χ0v) is 11.6. The van der Waals surface area contributed by atoms with Crippen LogP contribution in [-0.4, -0.2) is 18.1 Å². The van der Waals surface area contributed by atoms with E-state index in [0.29, 0.717) is 6.54 Å². The average molecular weight is 255 g/mol. The number of hydrogen-bond acceptors (Lipinski definition) is 3. The average Bonchev–Trinajstić information content (AvgIpc) is 2.77. The molecule has 1 aromatic carbocycles. The summed E-state index contributed by atoms with van der Waals surface area (Å²) in [4.78, 5) is 7.18. The molecule has 0 spiro atoms. The number of benzene rings is 1. The number of pyridine rings is 1. The Labute approximate surface area is 114 Å². The van der Waals surface area contributed by atoms with Gasteiger partial charge in [-0.3, -0.25) is 0 Å². The SMILES string of the molecule is CC1CN(c2nc(CN)cc3ccccc23)CC1C. The smallest absolute Gasteiger partial charge is 0.136 e. The van der Waals surface area contributed by atoms with E-state index in [9.17, 15) is 0 Å². The van der Waals surface area contributed by atoms with Crippen molar-refractivity contribution in [3.05, 3.63) is 36.0 Å². The lowest BCUT2D eigenvalue weighted by atomic mass is 10.0. The highest BCUT2D eigenvalue weighted by Gasteiger charge is 2.28. The second kappa shape index (κ2) is 4.82. The van der Waals surface area contributed by atoms with Crippen molar-refractivity contribution in [3.8, 4) is 0 Å². The molecule has 1 saturated heterocycles. The summed E-state index contributed by atoms with van der Waals surface area (Å²) in [5.41, 5.74) is 6.76. The minimum absolute atomic E-state index is 0.497. The summed E-state index contributed by atoms with van der Waals surface area (Å²) in [6.07, 6.45) is 0. The number of anilines is 1. The number of hydrogen-bond donors (Lipinski definition) is 1. The Bertz CT molecular complexity index is 584. The van der Waals surface area contributed by atoms with Crippen molar-refractivity contribution in [1.29, 1.82) is 0 Å². The van der Waals surface area contributed by atoms with E-state index in [1.54, 1.807) is 0 Å². The molecule has 1 aliphatic rings. The van der Waals surface area contributed by atoms with Crippen molar-refractivity contribution in [2.75, 3.05) is 18.0 Å². The second-order valence-corrected chi connectivity index (χ2v) is 5.72. The minimum atomic E-state index is 0.497. The zero-order valence-electron chi connectivity index (χ0n) is 11.6. The summed E-state index contributed by atoms with van der Waals surface area (Å²) < 4.78 is 0. The maximum Gasteiger partial charge on any atom is 0.136 e. The molecule has 3 nitrogen and oxygen atoms in total. The Morgan fingerprint density at radius 3 is 2.58 bits per heavy atom. The molecule has 1 aliphatic heterocycles. The van der Waals surface area contributed by atoms with E-state index in [2.05, 4.69) is 49.1 Å². The molecule has 19 heavy (non-hydrogen) atoms. The van der Waals surface area contributed by atoms with Crippen LogP contribution in [0.4, 0.5) is 5.82 Å². The molecule has 2 heterocycles. The van der Waals surface area contributed by atoms with Crippen molar-refractivity contribution in [2.24, 2.45) is 17.6 Å². The van der Waals surface area contributed by atoms with Crippen molar-refractivity contribution < 1.29 is 0 Å². The van der Waals surface area contributed by atoms with E-state index in [4.69, 9.17) is 10.7 Å². The summed E-state index contributed by atoms with van der Waals surface area (Å²) >= 11 is 0. The highest BCUT2D eigenvalue weighted by atomic mass is 15.2. The van der Waals surface area contributed by atoms with Crippen molar-refractivity contribution in [2.45, 2.75) is 20.4 Å². The van der Waals surface area contributed by atoms with E-state index >= 15 is 0 Å². The zero-order chi connectivity index (χ0) is 13.4. The van der Waals surface area contributed by atoms with Crippen LogP contribution < -0.4 is 10.6 Å². The second-order valence-electron chi connectivity index (χ2n) is 5.72. The highest BCUT2D eigenvalue weighted by molar-refractivity contribution is 5.92. The lowest BCUT2D eigenvalue weighted by molar-refractivity contribution is 0.494. The molecule has 3 rings (SSSR count). The third kappa shape index (κ3) is 2.19. The fraction of sp³-hybridized carbons (Fsp3) is 0.438. The Hall–Kier alpha value is -1.61. The topological polar surface area (TPSA) is 42.2 Å². The predicted molar refractivity (Wildman–Crippen MR) is 80.2 cm³/mol. The van der Waals surface area contributed by atoms with Crippen molar-refractivity contribution >= 4 is 16.6 Å². The molecule has 0 radical (unpaired) electrons. The molecule has 3 heteroatoms. The third-order valence-electron chi connectivity index (χ3n) is 4.27. The van der Waals surface area contributed by atoms with Gasteiger partial charge in [-0.05, 0) is 23.3 Å². The fourth-order valence-corrected chi connectivity index (χ4v) is 2.88. The summed E-state index contributed by atoms with van der Waals surface area (Å²) in [6.45, 7) is 7.31. The first-order valence-electron chi connectivity index (χ1n) is 7.02. The number of aromatic nitrogens is 1. The first-order valence-corrected chi connectivity index (χ1v) is 7.02. The summed E-state index contributed by atoms with van der Waals surface area (Å²) in [5.74, 6) is 2.55. The largest absolute Gasteiger partial charge is 0.356 e. The molecule has 2 atom stereocenters. The van der Waals surface area contributed by atoms with Gasteiger partial charge in [-0.2, -0.15) is 0 Å². The third-order valence-corrected chi connectivity index (χ3v) is 4.27. The molecular formula is C16H21N3. The Morgan fingerprint density at radius 2 is 1.89 bits per heavy atom. The van der Waals surface area contributed by atoms with Crippen LogP contribution in [0, 0.1) is 11.8 Å². The Morgan fingerprint density at radius 1 is 1.21 bits per heavy atom. The van der Waals surface area contributed by atoms with Crippen LogP contribution in [0.2, 0.25) is 0 Å². The molecule has 2 aromatic rings. The van der Waals surface area contributed by atoms with Crippen molar-refractivity contribution in [1.82, 2.24) is 4.98 Å². The van der Waals surface area contributed by atoms with Gasteiger partial charge in [0.2, 0.25) is 0 Å². The molecule has 2 unspecified atom stereocenters. The van der Waals surface area contributed by atoms with Gasteiger partial charge < -0.3 is 10.6 Å². The van der Waals surface area contributed by atoms with Crippen LogP contribution in [0.1, 0.15) is 19.5 Å².